The van der Waals surface area contributed by atoms with Crippen molar-refractivity contribution in [3.8, 4) is 0 Å². The summed E-state index contributed by atoms with van der Waals surface area (Å²) in [7, 11) is 1.32. The van der Waals surface area contributed by atoms with E-state index in [2.05, 4.69) is 5.32 Å². The maximum Gasteiger partial charge on any atom is 0.333 e. The van der Waals surface area contributed by atoms with Crippen LogP contribution in [0.5, 0.6) is 0 Å². The molecule has 1 saturated heterocycles. The first kappa shape index (κ1) is 11.1. The molecule has 0 aromatic carbocycles. The monoisotopic (exact) mass is 225 g/mol. The van der Waals surface area contributed by atoms with Crippen molar-refractivity contribution < 1.29 is 14.4 Å². The average Bonchev–Trinajstić information content (AvgIpc) is 3.06. The number of carbonyl (C=O) groups is 3. The molecule has 0 spiro atoms. The second-order valence-electron chi connectivity index (χ2n) is 4.19. The number of likely N-dealkylation sites (N-methyl/N-ethyl adjacent to an activating group) is 1. The highest BCUT2D eigenvalue weighted by atomic mass is 16.2. The van der Waals surface area contributed by atoms with E-state index in [0.29, 0.717) is 19.0 Å². The van der Waals surface area contributed by atoms with E-state index in [0.717, 1.165) is 16.3 Å². The van der Waals surface area contributed by atoms with E-state index in [4.69, 9.17) is 0 Å². The van der Waals surface area contributed by atoms with E-state index in [-0.39, 0.29) is 0 Å². The summed E-state index contributed by atoms with van der Waals surface area (Å²) in [5.41, 5.74) is 0. The predicted octanol–water partition coefficient (Wildman–Crippen LogP) is -0.451. The molecule has 6 nitrogen and oxygen atoms in total. The summed E-state index contributed by atoms with van der Waals surface area (Å²) >= 11 is 0. The minimum Gasteiger partial charge on any atom is -0.314 e. The van der Waals surface area contributed by atoms with Gasteiger partial charge in [-0.2, -0.15) is 0 Å². The topological polar surface area (TPSA) is 69.7 Å². The first-order chi connectivity index (χ1) is 7.61. The van der Waals surface area contributed by atoms with Crippen LogP contribution in [-0.4, -0.2) is 53.8 Å². The van der Waals surface area contributed by atoms with Crippen LogP contribution in [0.4, 0.5) is 4.79 Å². The molecule has 1 saturated carbocycles. The maximum atomic E-state index is 11.5. The van der Waals surface area contributed by atoms with Gasteiger partial charge in [0.25, 0.3) is 0 Å². The van der Waals surface area contributed by atoms with Crippen molar-refractivity contribution in [1.29, 1.82) is 0 Å². The zero-order valence-electron chi connectivity index (χ0n) is 9.23. The van der Waals surface area contributed by atoms with Crippen LogP contribution in [-0.2, 0) is 9.59 Å². The van der Waals surface area contributed by atoms with E-state index in [9.17, 15) is 14.4 Å². The van der Waals surface area contributed by atoms with Crippen molar-refractivity contribution in [2.75, 3.05) is 20.1 Å². The molecule has 0 bridgehead atoms. The minimum absolute atomic E-state index is 0.313. The Morgan fingerprint density at radius 1 is 1.25 bits per heavy atom. The number of rotatable bonds is 5. The first-order valence-electron chi connectivity index (χ1n) is 5.48. The molecule has 0 aromatic heterocycles. The van der Waals surface area contributed by atoms with Crippen LogP contribution in [0.15, 0.2) is 0 Å². The molecule has 2 aliphatic rings. The second-order valence-corrected chi connectivity index (χ2v) is 4.19. The Balaban J connectivity index is 1.77. The summed E-state index contributed by atoms with van der Waals surface area (Å²) in [4.78, 5) is 35.9. The fraction of sp³-hybridized carbons (Fsp3) is 0.700. The molecule has 2 fully saturated rings. The molecule has 1 N–H and O–H groups in total. The lowest BCUT2D eigenvalue weighted by Gasteiger charge is -2.12. The van der Waals surface area contributed by atoms with Crippen LogP contribution in [0.25, 0.3) is 0 Å². The Hall–Kier alpha value is -1.43. The average molecular weight is 225 g/mol. The van der Waals surface area contributed by atoms with Gasteiger partial charge in [0.05, 0.1) is 0 Å². The third-order valence-electron chi connectivity index (χ3n) is 2.82. The molecule has 88 valence electrons. The molecule has 16 heavy (non-hydrogen) atoms. The smallest absolute Gasteiger partial charge is 0.314 e. The molecule has 6 heteroatoms. The predicted molar refractivity (Wildman–Crippen MR) is 55.5 cm³/mol. The van der Waals surface area contributed by atoms with Gasteiger partial charge < -0.3 is 5.32 Å². The van der Waals surface area contributed by atoms with Gasteiger partial charge in [-0.25, -0.2) is 4.79 Å². The summed E-state index contributed by atoms with van der Waals surface area (Å²) in [5, 5.41) is 3.28. The van der Waals surface area contributed by atoms with Gasteiger partial charge in [-0.05, 0) is 25.8 Å². The summed E-state index contributed by atoms with van der Waals surface area (Å²) in [6.45, 7) is 1.09. The fourth-order valence-corrected chi connectivity index (χ4v) is 1.64. The highest BCUT2D eigenvalue weighted by Gasteiger charge is 2.41. The number of hydrogen-bond donors (Lipinski definition) is 1. The van der Waals surface area contributed by atoms with Crippen LogP contribution in [0, 0.1) is 0 Å². The minimum atomic E-state index is -0.736. The molecule has 0 aromatic rings. The van der Waals surface area contributed by atoms with E-state index in [1.807, 2.05) is 0 Å². The molecule has 4 amide bonds. The summed E-state index contributed by atoms with van der Waals surface area (Å²) in [5.74, 6) is -1.45. The number of hydrogen-bond acceptors (Lipinski definition) is 4. The van der Waals surface area contributed by atoms with E-state index < -0.39 is 17.8 Å². The molecule has 2 rings (SSSR count). The second kappa shape index (κ2) is 4.21. The number of imide groups is 2. The SMILES string of the molecule is CN1C(=O)C(=O)N(CCCNC2CC2)C1=O. The Bertz CT molecular complexity index is 338. The number of carbonyl (C=O) groups excluding carboxylic acids is 3. The van der Waals surface area contributed by atoms with E-state index in [1.54, 1.807) is 0 Å². The van der Waals surface area contributed by atoms with Crippen molar-refractivity contribution in [3.63, 3.8) is 0 Å². The van der Waals surface area contributed by atoms with Crippen LogP contribution in [0.3, 0.4) is 0 Å². The van der Waals surface area contributed by atoms with Gasteiger partial charge in [0, 0.05) is 19.6 Å². The van der Waals surface area contributed by atoms with Gasteiger partial charge in [0.15, 0.2) is 0 Å². The number of nitrogens with zero attached hydrogens (tertiary/aromatic N) is 2. The molecule has 1 aliphatic carbocycles. The Kier molecular flexibility index (Phi) is 2.91. The van der Waals surface area contributed by atoms with E-state index >= 15 is 0 Å². The number of urea groups is 1. The zero-order valence-corrected chi connectivity index (χ0v) is 9.23. The van der Waals surface area contributed by atoms with E-state index in [1.165, 1.54) is 19.9 Å². The van der Waals surface area contributed by atoms with Gasteiger partial charge >= 0.3 is 17.8 Å². The van der Waals surface area contributed by atoms with Gasteiger partial charge in [0.2, 0.25) is 0 Å². The number of amides is 4. The van der Waals surface area contributed by atoms with Crippen LogP contribution < -0.4 is 5.32 Å². The lowest BCUT2D eigenvalue weighted by molar-refractivity contribution is -0.142. The molecule has 0 atom stereocenters. The largest absolute Gasteiger partial charge is 0.333 e. The Morgan fingerprint density at radius 2 is 1.94 bits per heavy atom. The third-order valence-corrected chi connectivity index (χ3v) is 2.82. The maximum absolute atomic E-state index is 11.5. The Labute approximate surface area is 93.6 Å². The van der Waals surface area contributed by atoms with Crippen molar-refractivity contribution in [2.24, 2.45) is 0 Å². The number of nitrogens with one attached hydrogen (secondary N) is 1. The molecule has 1 aliphatic heterocycles. The van der Waals surface area contributed by atoms with Gasteiger partial charge in [-0.3, -0.25) is 19.4 Å². The van der Waals surface area contributed by atoms with Crippen molar-refractivity contribution in [2.45, 2.75) is 25.3 Å². The van der Waals surface area contributed by atoms with Gasteiger partial charge in [-0.15, -0.1) is 0 Å². The normalized spacial score (nSPS) is 21.2. The van der Waals surface area contributed by atoms with Crippen LogP contribution in [0.2, 0.25) is 0 Å². The molecule has 0 unspecified atom stereocenters. The zero-order chi connectivity index (χ0) is 11.7. The lowest BCUT2D eigenvalue weighted by atomic mass is 10.4. The van der Waals surface area contributed by atoms with Crippen molar-refractivity contribution in [1.82, 2.24) is 15.1 Å². The molecular weight excluding hydrogens is 210 g/mol. The standard InChI is InChI=1S/C10H15N3O3/c1-12-8(14)9(15)13(10(12)16)6-2-5-11-7-3-4-7/h7,11H,2-6H2,1H3. The molecule has 1 heterocycles. The highest BCUT2D eigenvalue weighted by Crippen LogP contribution is 2.18. The highest BCUT2D eigenvalue weighted by molar-refractivity contribution is 6.44. The lowest BCUT2D eigenvalue weighted by Crippen LogP contribution is -2.34. The Morgan fingerprint density at radius 3 is 2.44 bits per heavy atom. The summed E-state index contributed by atoms with van der Waals surface area (Å²) in [6, 6.07) is 0.107. The van der Waals surface area contributed by atoms with Gasteiger partial charge in [0.1, 0.15) is 0 Å². The van der Waals surface area contributed by atoms with Crippen LogP contribution in [0.1, 0.15) is 19.3 Å². The van der Waals surface area contributed by atoms with Crippen LogP contribution >= 0.6 is 0 Å². The first-order valence-corrected chi connectivity index (χ1v) is 5.48. The summed E-state index contributed by atoms with van der Waals surface area (Å²) in [6.07, 6.45) is 3.11. The molecular formula is C10H15N3O3. The quantitative estimate of drug-likeness (QED) is 0.391. The molecule has 0 radical (unpaired) electrons. The third kappa shape index (κ3) is 2.06. The summed E-state index contributed by atoms with van der Waals surface area (Å²) < 4.78 is 0. The van der Waals surface area contributed by atoms with Crippen molar-refractivity contribution in [3.05, 3.63) is 0 Å². The van der Waals surface area contributed by atoms with Gasteiger partial charge in [-0.1, -0.05) is 0 Å². The fourth-order valence-electron chi connectivity index (χ4n) is 1.64. The van der Waals surface area contributed by atoms with Crippen molar-refractivity contribution >= 4 is 17.8 Å².